The van der Waals surface area contributed by atoms with Crippen LogP contribution < -0.4 is 0 Å². The number of hydrogen-bond donors (Lipinski definition) is 1. The van der Waals surface area contributed by atoms with Crippen molar-refractivity contribution in [3.63, 3.8) is 0 Å². The molecule has 6 heteroatoms. The van der Waals surface area contributed by atoms with Gasteiger partial charge in [0.05, 0.1) is 18.7 Å². The van der Waals surface area contributed by atoms with Gasteiger partial charge in [-0.05, 0) is 5.04 Å². The van der Waals surface area contributed by atoms with Gasteiger partial charge in [0.15, 0.2) is 8.24 Å². The van der Waals surface area contributed by atoms with Crippen molar-refractivity contribution in [3.05, 3.63) is 11.9 Å². The van der Waals surface area contributed by atoms with Crippen LogP contribution in [0.15, 0.2) is 6.20 Å². The highest BCUT2D eigenvalue weighted by Gasteiger charge is 2.52. The van der Waals surface area contributed by atoms with Gasteiger partial charge in [-0.15, -0.1) is 0 Å². The molecule has 1 saturated heterocycles. The van der Waals surface area contributed by atoms with Crippen LogP contribution in [-0.4, -0.2) is 34.1 Å². The molecule has 0 spiro atoms. The van der Waals surface area contributed by atoms with Crippen LogP contribution in [0.2, 0.25) is 18.1 Å². The van der Waals surface area contributed by atoms with Gasteiger partial charge in [-0.25, -0.2) is 0 Å². The largest absolute Gasteiger partial charge is 0.360 e. The minimum Gasteiger partial charge on any atom is -0.360 e. The molecule has 1 aliphatic heterocycles. The lowest BCUT2D eigenvalue weighted by Gasteiger charge is -2.54. The van der Waals surface area contributed by atoms with Crippen LogP contribution in [0.5, 0.6) is 0 Å². The van der Waals surface area contributed by atoms with Crippen LogP contribution in [-0.2, 0) is 4.79 Å². The number of carbonyl (C=O) groups excluding carboxylic acids is 1. The maximum Gasteiger partial charge on any atom is 0.217 e. The molecule has 2 rings (SSSR count). The van der Waals surface area contributed by atoms with Crippen LogP contribution in [0.25, 0.3) is 0 Å². The molecule has 0 saturated carbocycles. The number of β-lactam (4-membered cyclic amide) rings is 1. The minimum absolute atomic E-state index is 0.127. The standard InChI is InChI=1S/C11H20N4OSi/c1-11(2,3)17(4,5)15-9(6-10(15)16)8-7-12-14-13-8/h7,9H,6H2,1-5H3,(H,12,13,14). The Labute approximate surface area is 103 Å². The predicted molar refractivity (Wildman–Crippen MR) is 67.8 cm³/mol. The molecule has 1 aliphatic rings. The van der Waals surface area contributed by atoms with E-state index in [0.29, 0.717) is 6.42 Å². The van der Waals surface area contributed by atoms with Crippen molar-refractivity contribution >= 4 is 14.1 Å². The molecule has 5 nitrogen and oxygen atoms in total. The molecule has 1 N–H and O–H groups in total. The summed E-state index contributed by atoms with van der Waals surface area (Å²) in [4.78, 5) is 11.9. The van der Waals surface area contributed by atoms with Crippen molar-refractivity contribution < 1.29 is 4.79 Å². The molecular formula is C11H20N4OSi. The second-order valence-corrected chi connectivity index (χ2v) is 11.3. The number of H-pyrrole nitrogens is 1. The lowest BCUT2D eigenvalue weighted by atomic mass is 10.0. The van der Waals surface area contributed by atoms with Crippen molar-refractivity contribution in [3.8, 4) is 0 Å². The third-order valence-electron chi connectivity index (χ3n) is 4.16. The summed E-state index contributed by atoms with van der Waals surface area (Å²) in [6.07, 6.45) is 2.29. The van der Waals surface area contributed by atoms with Gasteiger partial charge < -0.3 is 4.57 Å². The number of nitrogens with one attached hydrogen (secondary N) is 1. The number of nitrogens with zero attached hydrogens (tertiary/aromatic N) is 3. The molecule has 17 heavy (non-hydrogen) atoms. The highest BCUT2D eigenvalue weighted by atomic mass is 28.3. The first-order valence-electron chi connectivity index (χ1n) is 5.93. The van der Waals surface area contributed by atoms with Crippen molar-refractivity contribution in [2.24, 2.45) is 0 Å². The Morgan fingerprint density at radius 2 is 2.12 bits per heavy atom. The summed E-state index contributed by atoms with van der Waals surface area (Å²) < 4.78 is 2.07. The maximum atomic E-state index is 11.9. The summed E-state index contributed by atoms with van der Waals surface area (Å²) in [6, 6.07) is 0.127. The third-order valence-corrected chi connectivity index (χ3v) is 9.60. The Balaban J connectivity index is 2.28. The number of aromatic amines is 1. The molecule has 1 unspecified atom stereocenters. The van der Waals surface area contributed by atoms with E-state index in [1.54, 1.807) is 6.20 Å². The Morgan fingerprint density at radius 3 is 2.53 bits per heavy atom. The molecule has 0 aliphatic carbocycles. The number of amides is 1. The van der Waals surface area contributed by atoms with E-state index in [2.05, 4.69) is 53.8 Å². The lowest BCUT2D eigenvalue weighted by molar-refractivity contribution is -0.139. The number of rotatable bonds is 2. The third kappa shape index (κ3) is 1.80. The van der Waals surface area contributed by atoms with Gasteiger partial charge in [0, 0.05) is 0 Å². The fraction of sp³-hybridized carbons (Fsp3) is 0.727. The van der Waals surface area contributed by atoms with E-state index in [9.17, 15) is 4.79 Å². The van der Waals surface area contributed by atoms with E-state index in [4.69, 9.17) is 0 Å². The van der Waals surface area contributed by atoms with E-state index in [1.807, 2.05) is 0 Å². The van der Waals surface area contributed by atoms with Crippen LogP contribution >= 0.6 is 0 Å². The van der Waals surface area contributed by atoms with Gasteiger partial charge >= 0.3 is 0 Å². The molecule has 94 valence electrons. The minimum atomic E-state index is -1.80. The average molecular weight is 252 g/mol. The van der Waals surface area contributed by atoms with E-state index in [-0.39, 0.29) is 17.0 Å². The number of hydrogen-bond acceptors (Lipinski definition) is 3. The summed E-state index contributed by atoms with van der Waals surface area (Å²) in [5, 5.41) is 10.7. The Morgan fingerprint density at radius 1 is 1.47 bits per heavy atom. The van der Waals surface area contributed by atoms with Gasteiger partial charge in [-0.2, -0.15) is 15.4 Å². The van der Waals surface area contributed by atoms with E-state index < -0.39 is 8.24 Å². The highest BCUT2D eigenvalue weighted by Crippen LogP contribution is 2.47. The topological polar surface area (TPSA) is 61.9 Å². The van der Waals surface area contributed by atoms with Gasteiger partial charge in [-0.3, -0.25) is 4.79 Å². The molecular weight excluding hydrogens is 232 g/mol. The summed E-state index contributed by atoms with van der Waals surface area (Å²) in [5.74, 6) is 0.254. The van der Waals surface area contributed by atoms with Crippen molar-refractivity contribution in [1.82, 2.24) is 20.0 Å². The lowest BCUT2D eigenvalue weighted by Crippen LogP contribution is -2.64. The quantitative estimate of drug-likeness (QED) is 0.647. The summed E-state index contributed by atoms with van der Waals surface area (Å²) in [5.41, 5.74) is 0.884. The molecule has 1 amide bonds. The first-order chi connectivity index (χ1) is 7.75. The second kappa shape index (κ2) is 3.66. The van der Waals surface area contributed by atoms with Crippen LogP contribution in [0.4, 0.5) is 0 Å². The van der Waals surface area contributed by atoms with Crippen LogP contribution in [0, 0.1) is 0 Å². The summed E-state index contributed by atoms with van der Waals surface area (Å²) >= 11 is 0. The zero-order valence-electron chi connectivity index (χ0n) is 11.1. The zero-order chi connectivity index (χ0) is 12.8. The molecule has 1 atom stereocenters. The van der Waals surface area contributed by atoms with Crippen molar-refractivity contribution in [2.75, 3.05) is 0 Å². The fourth-order valence-corrected chi connectivity index (χ4v) is 4.53. The number of aromatic nitrogens is 3. The SMILES string of the molecule is CC(C)(C)[Si](C)(C)N1C(=O)CC1c1cn[nH]n1. The summed E-state index contributed by atoms with van der Waals surface area (Å²) in [6.45, 7) is 11.1. The van der Waals surface area contributed by atoms with Gasteiger partial charge in [0.25, 0.3) is 0 Å². The maximum absolute atomic E-state index is 11.9. The van der Waals surface area contributed by atoms with Crippen LogP contribution in [0.1, 0.15) is 38.9 Å². The Kier molecular flexibility index (Phi) is 2.65. The fourth-order valence-electron chi connectivity index (χ4n) is 2.09. The van der Waals surface area contributed by atoms with Crippen LogP contribution in [0.3, 0.4) is 0 Å². The first kappa shape index (κ1) is 12.3. The average Bonchev–Trinajstić information content (AvgIpc) is 2.63. The van der Waals surface area contributed by atoms with Gasteiger partial charge in [0.2, 0.25) is 5.91 Å². The number of carbonyl (C=O) groups is 1. The molecule has 1 aromatic heterocycles. The predicted octanol–water partition coefficient (Wildman–Crippen LogP) is 2.08. The smallest absolute Gasteiger partial charge is 0.217 e. The second-order valence-electron chi connectivity index (χ2n) is 6.19. The van der Waals surface area contributed by atoms with Gasteiger partial charge in [-0.1, -0.05) is 33.9 Å². The zero-order valence-corrected chi connectivity index (χ0v) is 12.1. The van der Waals surface area contributed by atoms with E-state index >= 15 is 0 Å². The highest BCUT2D eigenvalue weighted by molar-refractivity contribution is 6.79. The molecule has 1 fully saturated rings. The van der Waals surface area contributed by atoms with Gasteiger partial charge in [0.1, 0.15) is 5.69 Å². The van der Waals surface area contributed by atoms with E-state index in [1.165, 1.54) is 0 Å². The molecule has 0 radical (unpaired) electrons. The molecule has 2 heterocycles. The molecule has 0 aromatic carbocycles. The summed E-state index contributed by atoms with van der Waals surface area (Å²) in [7, 11) is -1.80. The normalized spacial score (nSPS) is 21.6. The monoisotopic (exact) mass is 252 g/mol. The Bertz CT molecular complexity index is 421. The van der Waals surface area contributed by atoms with Crippen molar-refractivity contribution in [1.29, 1.82) is 0 Å². The molecule has 0 bridgehead atoms. The van der Waals surface area contributed by atoms with E-state index in [0.717, 1.165) is 5.69 Å². The molecule has 1 aromatic rings. The first-order valence-corrected chi connectivity index (χ1v) is 8.87. The van der Waals surface area contributed by atoms with Crippen molar-refractivity contribution in [2.45, 2.75) is 51.4 Å². The Hall–Kier alpha value is -1.17.